The van der Waals surface area contributed by atoms with E-state index in [0.717, 1.165) is 48.4 Å². The lowest BCUT2D eigenvalue weighted by Crippen LogP contribution is -2.46. The molecule has 1 fully saturated rings. The lowest BCUT2D eigenvalue weighted by Gasteiger charge is -2.37. The van der Waals surface area contributed by atoms with Gasteiger partial charge in [-0.2, -0.15) is 0 Å². The van der Waals surface area contributed by atoms with Crippen LogP contribution in [0.3, 0.4) is 0 Å². The summed E-state index contributed by atoms with van der Waals surface area (Å²) in [6.45, 7) is 4.71. The number of carbonyl (C=O) groups excluding carboxylic acids is 1. The van der Waals surface area contributed by atoms with Crippen molar-refractivity contribution in [3.05, 3.63) is 40.8 Å². The van der Waals surface area contributed by atoms with Gasteiger partial charge in [0.1, 0.15) is 11.7 Å². The van der Waals surface area contributed by atoms with Crippen molar-refractivity contribution in [1.29, 1.82) is 5.41 Å². The molecule has 2 N–H and O–H groups in total. The van der Waals surface area contributed by atoms with Gasteiger partial charge in [-0.1, -0.05) is 6.07 Å². The third kappa shape index (κ3) is 3.76. The van der Waals surface area contributed by atoms with Crippen molar-refractivity contribution < 1.29 is 13.9 Å². The van der Waals surface area contributed by atoms with Gasteiger partial charge in [0.15, 0.2) is 0 Å². The molecule has 150 valence electrons. The van der Waals surface area contributed by atoms with Crippen LogP contribution in [-0.4, -0.2) is 55.5 Å². The predicted molar refractivity (Wildman–Crippen MR) is 106 cm³/mol. The summed E-state index contributed by atoms with van der Waals surface area (Å²) in [6, 6.07) is 5.06. The normalized spacial score (nSPS) is 22.3. The monoisotopic (exact) mass is 386 g/mol. The number of nitrogens with one attached hydrogen (secondary N) is 2. The zero-order valence-corrected chi connectivity index (χ0v) is 16.3. The molecule has 1 atom stereocenters. The minimum Gasteiger partial charge on any atom is -0.383 e. The molecule has 3 heterocycles. The van der Waals surface area contributed by atoms with Crippen LogP contribution >= 0.6 is 0 Å². The second-order valence-corrected chi connectivity index (χ2v) is 7.73. The molecule has 0 saturated carbocycles. The quantitative estimate of drug-likeness (QED) is 0.619. The summed E-state index contributed by atoms with van der Waals surface area (Å²) < 4.78 is 19.4. The van der Waals surface area contributed by atoms with Crippen LogP contribution in [0.5, 0.6) is 0 Å². The minimum absolute atomic E-state index is 0.0126. The zero-order valence-electron chi connectivity index (χ0n) is 16.3. The van der Waals surface area contributed by atoms with Crippen LogP contribution in [0.1, 0.15) is 31.7 Å². The highest BCUT2D eigenvalue weighted by molar-refractivity contribution is 6.09. The number of ether oxygens (including phenoxy) is 1. The standard InChI is InChI=1S/C21H27FN4O2/c1-14(27)25-9-6-19(24-17-7-10-28-13-17)18(12-25)21(23)26-8-2-3-15-4-5-16(22)11-20(15)26/h4-5,11,17,23-24H,2-3,6-10,12-13H2,1H3. The number of anilines is 1. The fraction of sp³-hybridized carbons (Fsp3) is 0.524. The molecule has 1 aromatic carbocycles. The molecule has 0 spiro atoms. The van der Waals surface area contributed by atoms with Crippen molar-refractivity contribution in [1.82, 2.24) is 10.2 Å². The molecular weight excluding hydrogens is 359 g/mol. The zero-order chi connectivity index (χ0) is 19.7. The first-order chi connectivity index (χ1) is 13.5. The van der Waals surface area contributed by atoms with Gasteiger partial charge in [0.2, 0.25) is 5.91 Å². The number of halogens is 1. The molecular formula is C21H27FN4O2. The molecule has 3 aliphatic rings. The third-order valence-corrected chi connectivity index (χ3v) is 5.82. The van der Waals surface area contributed by atoms with Gasteiger partial charge < -0.3 is 19.9 Å². The summed E-state index contributed by atoms with van der Waals surface area (Å²) in [5.74, 6) is 0.0837. The first kappa shape index (κ1) is 18.9. The number of amidine groups is 1. The molecule has 0 aliphatic carbocycles. The van der Waals surface area contributed by atoms with Gasteiger partial charge in [0, 0.05) is 50.0 Å². The number of benzene rings is 1. The molecule has 1 aromatic rings. The molecule has 0 radical (unpaired) electrons. The highest BCUT2D eigenvalue weighted by Gasteiger charge is 2.30. The number of rotatable bonds is 3. The first-order valence-corrected chi connectivity index (χ1v) is 9.99. The van der Waals surface area contributed by atoms with E-state index in [0.29, 0.717) is 38.5 Å². The van der Waals surface area contributed by atoms with Gasteiger partial charge in [-0.25, -0.2) is 4.39 Å². The van der Waals surface area contributed by atoms with Gasteiger partial charge in [-0.3, -0.25) is 10.2 Å². The van der Waals surface area contributed by atoms with E-state index in [4.69, 9.17) is 10.1 Å². The molecule has 3 aliphatic heterocycles. The average molecular weight is 386 g/mol. The Morgan fingerprint density at radius 1 is 1.32 bits per heavy atom. The Hall–Kier alpha value is -2.41. The molecule has 0 aromatic heterocycles. The Kier molecular flexibility index (Phi) is 5.35. The van der Waals surface area contributed by atoms with Crippen LogP contribution in [0.25, 0.3) is 0 Å². The fourth-order valence-corrected chi connectivity index (χ4v) is 4.25. The van der Waals surface area contributed by atoms with Crippen molar-refractivity contribution in [2.75, 3.05) is 37.7 Å². The first-order valence-electron chi connectivity index (χ1n) is 9.99. The van der Waals surface area contributed by atoms with Crippen molar-refractivity contribution in [2.24, 2.45) is 0 Å². The summed E-state index contributed by atoms with van der Waals surface area (Å²) >= 11 is 0. The topological polar surface area (TPSA) is 68.7 Å². The highest BCUT2D eigenvalue weighted by Crippen LogP contribution is 2.31. The summed E-state index contributed by atoms with van der Waals surface area (Å²) in [6.07, 6.45) is 3.45. The van der Waals surface area contributed by atoms with E-state index in [1.807, 2.05) is 11.0 Å². The summed E-state index contributed by atoms with van der Waals surface area (Å²) in [7, 11) is 0. The molecule has 7 heteroatoms. The van der Waals surface area contributed by atoms with Crippen LogP contribution in [0.15, 0.2) is 29.5 Å². The van der Waals surface area contributed by atoms with E-state index in [2.05, 4.69) is 5.32 Å². The smallest absolute Gasteiger partial charge is 0.219 e. The second kappa shape index (κ2) is 7.91. The highest BCUT2D eigenvalue weighted by atomic mass is 19.1. The van der Waals surface area contributed by atoms with Crippen molar-refractivity contribution in [2.45, 2.75) is 38.6 Å². The number of hydrogen-bond acceptors (Lipinski definition) is 4. The molecule has 1 amide bonds. The largest absolute Gasteiger partial charge is 0.383 e. The van der Waals surface area contributed by atoms with Crippen LogP contribution in [-0.2, 0) is 16.0 Å². The van der Waals surface area contributed by atoms with Gasteiger partial charge in [0.25, 0.3) is 0 Å². The van der Waals surface area contributed by atoms with E-state index in [-0.39, 0.29) is 17.8 Å². The maximum absolute atomic E-state index is 13.9. The minimum atomic E-state index is -0.289. The number of aryl methyl sites for hydroxylation is 1. The number of nitrogens with zero attached hydrogens (tertiary/aromatic N) is 2. The maximum atomic E-state index is 13.9. The van der Waals surface area contributed by atoms with Crippen molar-refractivity contribution >= 4 is 17.4 Å². The van der Waals surface area contributed by atoms with Gasteiger partial charge in [-0.05, 0) is 37.0 Å². The number of hydrogen-bond donors (Lipinski definition) is 2. The van der Waals surface area contributed by atoms with E-state index in [1.165, 1.54) is 12.1 Å². The summed E-state index contributed by atoms with van der Waals surface area (Å²) in [4.78, 5) is 15.6. The predicted octanol–water partition coefficient (Wildman–Crippen LogP) is 2.44. The maximum Gasteiger partial charge on any atom is 0.219 e. The molecule has 0 bridgehead atoms. The summed E-state index contributed by atoms with van der Waals surface area (Å²) in [5.41, 5.74) is 3.68. The fourth-order valence-electron chi connectivity index (χ4n) is 4.25. The van der Waals surface area contributed by atoms with Crippen molar-refractivity contribution in [3.63, 3.8) is 0 Å². The SMILES string of the molecule is CC(=O)N1CCC(NC2CCOC2)=C(C(=N)N2CCCc3ccc(F)cc32)C1. The molecule has 6 nitrogen and oxygen atoms in total. The Morgan fingerprint density at radius 3 is 2.93 bits per heavy atom. The molecule has 1 unspecified atom stereocenters. The second-order valence-electron chi connectivity index (χ2n) is 7.73. The number of amides is 1. The van der Waals surface area contributed by atoms with Crippen LogP contribution in [0.2, 0.25) is 0 Å². The molecule has 1 saturated heterocycles. The Labute approximate surface area is 164 Å². The Balaban J connectivity index is 1.66. The Bertz CT molecular complexity index is 817. The van der Waals surface area contributed by atoms with Gasteiger partial charge >= 0.3 is 0 Å². The summed E-state index contributed by atoms with van der Waals surface area (Å²) in [5, 5.41) is 12.5. The third-order valence-electron chi connectivity index (χ3n) is 5.82. The van der Waals surface area contributed by atoms with Gasteiger partial charge in [0.05, 0.1) is 19.2 Å². The molecule has 4 rings (SSSR count). The average Bonchev–Trinajstić information content (AvgIpc) is 3.20. The van der Waals surface area contributed by atoms with E-state index in [9.17, 15) is 9.18 Å². The van der Waals surface area contributed by atoms with Crippen molar-refractivity contribution in [3.8, 4) is 0 Å². The van der Waals surface area contributed by atoms with E-state index >= 15 is 0 Å². The van der Waals surface area contributed by atoms with E-state index < -0.39 is 0 Å². The Morgan fingerprint density at radius 2 is 2.18 bits per heavy atom. The number of carbonyl (C=O) groups is 1. The van der Waals surface area contributed by atoms with E-state index in [1.54, 1.807) is 11.8 Å². The van der Waals surface area contributed by atoms with Crippen LogP contribution in [0.4, 0.5) is 10.1 Å². The lowest BCUT2D eigenvalue weighted by molar-refractivity contribution is -0.128. The van der Waals surface area contributed by atoms with Crippen LogP contribution < -0.4 is 10.2 Å². The van der Waals surface area contributed by atoms with Gasteiger partial charge in [-0.15, -0.1) is 0 Å². The number of fused-ring (bicyclic) bond motifs is 1. The van der Waals surface area contributed by atoms with Crippen LogP contribution in [0, 0.1) is 11.2 Å². The molecule has 28 heavy (non-hydrogen) atoms. The lowest BCUT2D eigenvalue weighted by atomic mass is 9.98.